The lowest BCUT2D eigenvalue weighted by Gasteiger charge is -1.96. The summed E-state index contributed by atoms with van der Waals surface area (Å²) in [4.78, 5) is 26.4. The molecule has 3 rings (SSSR count). The van der Waals surface area contributed by atoms with Crippen LogP contribution in [-0.2, 0) is 4.79 Å². The second-order valence-electron chi connectivity index (χ2n) is 4.80. The zero-order chi connectivity index (χ0) is 17.1. The van der Waals surface area contributed by atoms with Crippen LogP contribution in [0, 0.1) is 10.1 Å². The van der Waals surface area contributed by atoms with Crippen molar-refractivity contribution in [2.24, 2.45) is 0 Å². The van der Waals surface area contributed by atoms with Gasteiger partial charge in [0, 0.05) is 22.7 Å². The number of non-ortho nitro benzene ring substituents is 1. The van der Waals surface area contributed by atoms with E-state index in [1.165, 1.54) is 29.5 Å². The number of rotatable bonds is 4. The zero-order valence-electron chi connectivity index (χ0n) is 12.1. The highest BCUT2D eigenvalue weighted by atomic mass is 79.9. The van der Waals surface area contributed by atoms with Crippen LogP contribution in [0.25, 0.3) is 16.3 Å². The maximum atomic E-state index is 12.0. The van der Waals surface area contributed by atoms with Gasteiger partial charge in [0.2, 0.25) is 5.91 Å². The summed E-state index contributed by atoms with van der Waals surface area (Å²) in [6, 6.07) is 11.6. The van der Waals surface area contributed by atoms with Crippen molar-refractivity contribution in [1.82, 2.24) is 4.98 Å². The first-order chi connectivity index (χ1) is 11.5. The molecule has 0 saturated carbocycles. The molecule has 3 aromatic rings. The smallest absolute Gasteiger partial charge is 0.269 e. The van der Waals surface area contributed by atoms with Crippen LogP contribution in [0.2, 0.25) is 0 Å². The normalized spacial score (nSPS) is 11.0. The first kappa shape index (κ1) is 16.3. The highest BCUT2D eigenvalue weighted by Crippen LogP contribution is 2.28. The number of nitrogens with one attached hydrogen (secondary N) is 1. The minimum atomic E-state index is -0.467. The maximum absolute atomic E-state index is 12.0. The Morgan fingerprint density at radius 3 is 2.71 bits per heavy atom. The van der Waals surface area contributed by atoms with Gasteiger partial charge in [0.1, 0.15) is 0 Å². The molecular weight excluding hydrogens is 394 g/mol. The minimum Gasteiger partial charge on any atom is -0.298 e. The van der Waals surface area contributed by atoms with Crippen molar-refractivity contribution in [3.63, 3.8) is 0 Å². The van der Waals surface area contributed by atoms with E-state index in [9.17, 15) is 14.9 Å². The van der Waals surface area contributed by atoms with E-state index in [1.807, 2.05) is 18.2 Å². The molecule has 2 aromatic carbocycles. The summed E-state index contributed by atoms with van der Waals surface area (Å²) in [6.45, 7) is 0. The molecule has 0 aliphatic rings. The van der Waals surface area contributed by atoms with Crippen molar-refractivity contribution < 1.29 is 9.72 Å². The Labute approximate surface area is 149 Å². The van der Waals surface area contributed by atoms with Gasteiger partial charge in [0.25, 0.3) is 5.69 Å². The van der Waals surface area contributed by atoms with Crippen molar-refractivity contribution in [3.05, 3.63) is 68.7 Å². The number of carbonyl (C=O) groups excluding carboxylic acids is 1. The van der Waals surface area contributed by atoms with E-state index in [1.54, 1.807) is 18.2 Å². The largest absolute Gasteiger partial charge is 0.298 e. The number of halogens is 1. The summed E-state index contributed by atoms with van der Waals surface area (Å²) >= 11 is 4.78. The van der Waals surface area contributed by atoms with Crippen LogP contribution >= 0.6 is 27.3 Å². The van der Waals surface area contributed by atoms with Crippen LogP contribution < -0.4 is 5.32 Å². The van der Waals surface area contributed by atoms with Crippen molar-refractivity contribution in [2.75, 3.05) is 5.32 Å². The van der Waals surface area contributed by atoms with E-state index < -0.39 is 4.92 Å². The highest BCUT2D eigenvalue weighted by molar-refractivity contribution is 9.10. The molecule has 6 nitrogen and oxygen atoms in total. The van der Waals surface area contributed by atoms with Crippen molar-refractivity contribution in [2.45, 2.75) is 0 Å². The molecule has 120 valence electrons. The molecule has 1 amide bonds. The third-order valence-corrected chi connectivity index (χ3v) is 4.54. The second kappa shape index (κ2) is 6.90. The zero-order valence-corrected chi connectivity index (χ0v) is 14.5. The van der Waals surface area contributed by atoms with Gasteiger partial charge in [-0.2, -0.15) is 0 Å². The molecule has 0 aliphatic carbocycles. The molecule has 8 heteroatoms. The third kappa shape index (κ3) is 3.84. The van der Waals surface area contributed by atoms with Gasteiger partial charge in [-0.1, -0.05) is 27.3 Å². The fourth-order valence-corrected chi connectivity index (χ4v) is 3.40. The number of carbonyl (C=O) groups is 1. The first-order valence-electron chi connectivity index (χ1n) is 6.81. The molecule has 0 bridgehead atoms. The van der Waals surface area contributed by atoms with Crippen molar-refractivity contribution in [1.29, 1.82) is 0 Å². The Hall–Kier alpha value is -2.58. The number of hydrogen-bond donors (Lipinski definition) is 1. The number of nitro benzene ring substituents is 1. The van der Waals surface area contributed by atoms with Crippen LogP contribution in [0.1, 0.15) is 5.56 Å². The van der Waals surface area contributed by atoms with Crippen LogP contribution in [0.4, 0.5) is 10.8 Å². The van der Waals surface area contributed by atoms with Crippen molar-refractivity contribution in [3.8, 4) is 0 Å². The Kier molecular flexibility index (Phi) is 4.68. The van der Waals surface area contributed by atoms with E-state index in [2.05, 4.69) is 26.2 Å². The quantitative estimate of drug-likeness (QED) is 0.391. The molecule has 1 heterocycles. The number of aromatic nitrogens is 1. The molecule has 1 N–H and O–H groups in total. The van der Waals surface area contributed by atoms with E-state index in [0.717, 1.165) is 14.7 Å². The van der Waals surface area contributed by atoms with E-state index in [0.29, 0.717) is 10.7 Å². The summed E-state index contributed by atoms with van der Waals surface area (Å²) in [5.41, 5.74) is 1.53. The SMILES string of the molecule is O=C(C=Cc1ccc([N+](=O)[O-])cc1)Nc1nc2ccc(Br)cc2s1. The topological polar surface area (TPSA) is 85.1 Å². The Morgan fingerprint density at radius 1 is 1.25 bits per heavy atom. The fraction of sp³-hybridized carbons (Fsp3) is 0. The molecule has 0 saturated heterocycles. The molecule has 0 radical (unpaired) electrons. The lowest BCUT2D eigenvalue weighted by molar-refractivity contribution is -0.384. The van der Waals surface area contributed by atoms with Gasteiger partial charge >= 0.3 is 0 Å². The van der Waals surface area contributed by atoms with Crippen LogP contribution in [0.3, 0.4) is 0 Å². The number of fused-ring (bicyclic) bond motifs is 1. The monoisotopic (exact) mass is 403 g/mol. The van der Waals surface area contributed by atoms with E-state index in [-0.39, 0.29) is 11.6 Å². The lowest BCUT2D eigenvalue weighted by atomic mass is 10.2. The number of nitro groups is 1. The van der Waals surface area contributed by atoms with Crippen molar-refractivity contribution >= 4 is 60.3 Å². The summed E-state index contributed by atoms with van der Waals surface area (Å²) in [5.74, 6) is -0.313. The Morgan fingerprint density at radius 2 is 2.00 bits per heavy atom. The number of amides is 1. The van der Waals surface area contributed by atoms with Crippen LogP contribution in [0.5, 0.6) is 0 Å². The summed E-state index contributed by atoms with van der Waals surface area (Å²) in [5, 5.41) is 13.8. The van der Waals surface area contributed by atoms with Gasteiger partial charge in [-0.3, -0.25) is 20.2 Å². The van der Waals surface area contributed by atoms with Crippen LogP contribution in [-0.4, -0.2) is 15.8 Å². The van der Waals surface area contributed by atoms with Gasteiger partial charge in [-0.05, 0) is 42.0 Å². The average molecular weight is 404 g/mol. The lowest BCUT2D eigenvalue weighted by Crippen LogP contribution is -2.07. The molecule has 1 aromatic heterocycles. The minimum absolute atomic E-state index is 0.0113. The van der Waals surface area contributed by atoms with E-state index >= 15 is 0 Å². The number of nitrogens with zero attached hydrogens (tertiary/aromatic N) is 2. The fourth-order valence-electron chi connectivity index (χ4n) is 1.98. The predicted molar refractivity (Wildman–Crippen MR) is 98.1 cm³/mol. The maximum Gasteiger partial charge on any atom is 0.269 e. The summed E-state index contributed by atoms with van der Waals surface area (Å²) in [6.07, 6.45) is 2.95. The predicted octanol–water partition coefficient (Wildman–Crippen LogP) is 4.62. The number of thiazole rings is 1. The first-order valence-corrected chi connectivity index (χ1v) is 8.42. The standard InChI is InChI=1S/C16H10BrN3O3S/c17-11-4-7-13-14(9-11)24-16(18-13)19-15(21)8-3-10-1-5-12(6-2-10)20(22)23/h1-9H,(H,18,19,21). The Balaban J connectivity index is 1.68. The van der Waals surface area contributed by atoms with Crippen LogP contribution in [0.15, 0.2) is 53.0 Å². The third-order valence-electron chi connectivity index (χ3n) is 3.11. The van der Waals surface area contributed by atoms with Gasteiger partial charge in [-0.15, -0.1) is 0 Å². The highest BCUT2D eigenvalue weighted by Gasteiger charge is 2.06. The number of hydrogen-bond acceptors (Lipinski definition) is 5. The molecule has 0 fully saturated rings. The number of anilines is 1. The summed E-state index contributed by atoms with van der Waals surface area (Å²) < 4.78 is 1.92. The molecule has 0 atom stereocenters. The molecular formula is C16H10BrN3O3S. The number of benzene rings is 2. The average Bonchev–Trinajstić information content (AvgIpc) is 2.94. The molecule has 0 aliphatic heterocycles. The van der Waals surface area contributed by atoms with E-state index in [4.69, 9.17) is 0 Å². The van der Waals surface area contributed by atoms with Gasteiger partial charge in [0.15, 0.2) is 5.13 Å². The Bertz CT molecular complexity index is 951. The molecule has 0 spiro atoms. The van der Waals surface area contributed by atoms with Gasteiger partial charge in [-0.25, -0.2) is 4.98 Å². The summed E-state index contributed by atoms with van der Waals surface area (Å²) in [7, 11) is 0. The van der Waals surface area contributed by atoms with Gasteiger partial charge < -0.3 is 0 Å². The molecule has 24 heavy (non-hydrogen) atoms. The molecule has 0 unspecified atom stereocenters. The second-order valence-corrected chi connectivity index (χ2v) is 6.75. The van der Waals surface area contributed by atoms with Gasteiger partial charge in [0.05, 0.1) is 15.1 Å².